The van der Waals surface area contributed by atoms with E-state index in [0.29, 0.717) is 10.1 Å². The Labute approximate surface area is 106 Å². The maximum atomic E-state index is 10.8. The lowest BCUT2D eigenvalue weighted by atomic mass is 10.3. The summed E-state index contributed by atoms with van der Waals surface area (Å²) in [5, 5.41) is 10.2. The van der Waals surface area contributed by atoms with Gasteiger partial charge in [0.15, 0.2) is 5.69 Å². The zero-order chi connectivity index (χ0) is 12.3. The number of halogens is 1. The van der Waals surface area contributed by atoms with E-state index in [-0.39, 0.29) is 10.7 Å². The Hall–Kier alpha value is -1.66. The Morgan fingerprint density at radius 3 is 2.76 bits per heavy atom. The number of hydrogen-bond acceptors (Lipinski definition) is 5. The third-order valence-electron chi connectivity index (χ3n) is 1.79. The van der Waals surface area contributed by atoms with Crippen LogP contribution in [0.4, 0.5) is 0 Å². The molecule has 2 heterocycles. The summed E-state index contributed by atoms with van der Waals surface area (Å²) in [5.74, 6) is -1.15. The molecular formula is C10H6ClN3O2S. The lowest BCUT2D eigenvalue weighted by molar-refractivity contribution is 0.0690. The van der Waals surface area contributed by atoms with Crippen LogP contribution in [0.1, 0.15) is 10.5 Å². The standard InChI is InChI=1S/C10H6ClN3O2S/c11-6-1-2-8(14-9(6)10(15)16)17-7-3-4-12-5-13-7/h1-5H,(H,15,16). The number of carbonyl (C=O) groups is 1. The van der Waals surface area contributed by atoms with Gasteiger partial charge in [0.25, 0.3) is 0 Å². The van der Waals surface area contributed by atoms with E-state index in [1.165, 1.54) is 24.2 Å². The molecular weight excluding hydrogens is 262 g/mol. The molecule has 0 fully saturated rings. The molecule has 5 nitrogen and oxygen atoms in total. The van der Waals surface area contributed by atoms with E-state index in [0.717, 1.165) is 0 Å². The fourth-order valence-electron chi connectivity index (χ4n) is 1.08. The molecule has 0 radical (unpaired) electrons. The number of hydrogen-bond donors (Lipinski definition) is 1. The molecule has 0 amide bonds. The minimum Gasteiger partial charge on any atom is -0.476 e. The van der Waals surface area contributed by atoms with Crippen molar-refractivity contribution in [2.45, 2.75) is 10.1 Å². The summed E-state index contributed by atoms with van der Waals surface area (Å²) in [6, 6.07) is 4.85. The number of pyridine rings is 1. The second-order valence-electron chi connectivity index (χ2n) is 2.93. The molecule has 2 aromatic heterocycles. The molecule has 0 spiro atoms. The van der Waals surface area contributed by atoms with Gasteiger partial charge in [-0.3, -0.25) is 0 Å². The molecule has 0 saturated carbocycles. The summed E-state index contributed by atoms with van der Waals surface area (Å²) in [4.78, 5) is 22.6. The maximum Gasteiger partial charge on any atom is 0.356 e. The lowest BCUT2D eigenvalue weighted by Crippen LogP contribution is -2.01. The molecule has 1 N–H and O–H groups in total. The Bertz CT molecular complexity index is 551. The summed E-state index contributed by atoms with van der Waals surface area (Å²) in [5.41, 5.74) is -0.161. The highest BCUT2D eigenvalue weighted by Crippen LogP contribution is 2.25. The average Bonchev–Trinajstić information content (AvgIpc) is 2.32. The molecule has 0 aliphatic heterocycles. The smallest absolute Gasteiger partial charge is 0.356 e. The number of aromatic carboxylic acids is 1. The fraction of sp³-hybridized carbons (Fsp3) is 0. The van der Waals surface area contributed by atoms with Gasteiger partial charge in [0, 0.05) is 6.20 Å². The van der Waals surface area contributed by atoms with Crippen molar-refractivity contribution in [3.05, 3.63) is 41.4 Å². The molecule has 17 heavy (non-hydrogen) atoms. The number of aromatic nitrogens is 3. The molecule has 0 saturated heterocycles. The van der Waals surface area contributed by atoms with Crippen molar-refractivity contribution in [3.8, 4) is 0 Å². The Kier molecular flexibility index (Phi) is 3.55. The van der Waals surface area contributed by atoms with Gasteiger partial charge in [-0.25, -0.2) is 19.7 Å². The first-order valence-corrected chi connectivity index (χ1v) is 5.70. The summed E-state index contributed by atoms with van der Waals surface area (Å²) < 4.78 is 0. The Morgan fingerprint density at radius 1 is 1.29 bits per heavy atom. The molecule has 0 aromatic carbocycles. The summed E-state index contributed by atoms with van der Waals surface area (Å²) in [6.45, 7) is 0. The van der Waals surface area contributed by atoms with Gasteiger partial charge in [-0.2, -0.15) is 0 Å². The summed E-state index contributed by atoms with van der Waals surface area (Å²) in [6.07, 6.45) is 3.01. The number of carboxylic acids is 1. The van der Waals surface area contributed by atoms with E-state index >= 15 is 0 Å². The van der Waals surface area contributed by atoms with Gasteiger partial charge in [0.1, 0.15) is 16.4 Å². The van der Waals surface area contributed by atoms with E-state index in [4.69, 9.17) is 16.7 Å². The lowest BCUT2D eigenvalue weighted by Gasteiger charge is -2.02. The van der Waals surface area contributed by atoms with Crippen LogP contribution in [0.5, 0.6) is 0 Å². The highest BCUT2D eigenvalue weighted by Gasteiger charge is 2.12. The fourth-order valence-corrected chi connectivity index (χ4v) is 1.98. The van der Waals surface area contributed by atoms with E-state index in [1.54, 1.807) is 18.3 Å². The minimum absolute atomic E-state index is 0.115. The molecule has 0 atom stereocenters. The third-order valence-corrected chi connectivity index (χ3v) is 2.98. The normalized spacial score (nSPS) is 10.2. The second kappa shape index (κ2) is 5.11. The highest BCUT2D eigenvalue weighted by molar-refractivity contribution is 7.99. The number of nitrogens with zero attached hydrogens (tertiary/aromatic N) is 3. The van der Waals surface area contributed by atoms with Crippen molar-refractivity contribution in [2.24, 2.45) is 0 Å². The van der Waals surface area contributed by atoms with Gasteiger partial charge in [-0.1, -0.05) is 11.6 Å². The van der Waals surface area contributed by atoms with Crippen LogP contribution < -0.4 is 0 Å². The van der Waals surface area contributed by atoms with Gasteiger partial charge in [-0.15, -0.1) is 0 Å². The van der Waals surface area contributed by atoms with Gasteiger partial charge >= 0.3 is 5.97 Å². The largest absolute Gasteiger partial charge is 0.476 e. The predicted octanol–water partition coefficient (Wildman–Crippen LogP) is 2.37. The van der Waals surface area contributed by atoms with Crippen LogP contribution in [0.25, 0.3) is 0 Å². The summed E-state index contributed by atoms with van der Waals surface area (Å²) >= 11 is 6.96. The molecule has 86 valence electrons. The Morgan fingerprint density at radius 2 is 2.12 bits per heavy atom. The first-order chi connectivity index (χ1) is 8.16. The maximum absolute atomic E-state index is 10.8. The van der Waals surface area contributed by atoms with Gasteiger partial charge < -0.3 is 5.11 Å². The molecule has 7 heteroatoms. The first-order valence-electron chi connectivity index (χ1n) is 4.50. The second-order valence-corrected chi connectivity index (χ2v) is 4.38. The van der Waals surface area contributed by atoms with Gasteiger partial charge in [-0.05, 0) is 30.0 Å². The monoisotopic (exact) mass is 267 g/mol. The van der Waals surface area contributed by atoms with Crippen LogP contribution in [-0.4, -0.2) is 26.0 Å². The number of rotatable bonds is 3. The van der Waals surface area contributed by atoms with E-state index < -0.39 is 5.97 Å². The third kappa shape index (κ3) is 2.92. The van der Waals surface area contributed by atoms with Crippen LogP contribution in [0.15, 0.2) is 40.8 Å². The van der Waals surface area contributed by atoms with Crippen LogP contribution in [0.3, 0.4) is 0 Å². The Balaban J connectivity index is 2.29. The highest BCUT2D eigenvalue weighted by atomic mass is 35.5. The summed E-state index contributed by atoms with van der Waals surface area (Å²) in [7, 11) is 0. The topological polar surface area (TPSA) is 76.0 Å². The van der Waals surface area contributed by atoms with Crippen LogP contribution in [0, 0.1) is 0 Å². The molecule has 0 unspecified atom stereocenters. The SMILES string of the molecule is O=C(O)c1nc(Sc2ccncn2)ccc1Cl. The van der Waals surface area contributed by atoms with Gasteiger partial charge in [0.05, 0.1) is 5.02 Å². The number of carboxylic acid groups (broad SMARTS) is 1. The molecule has 2 rings (SSSR count). The zero-order valence-electron chi connectivity index (χ0n) is 8.37. The van der Waals surface area contributed by atoms with Crippen molar-refractivity contribution < 1.29 is 9.90 Å². The van der Waals surface area contributed by atoms with Crippen molar-refractivity contribution in [3.63, 3.8) is 0 Å². The molecule has 2 aromatic rings. The van der Waals surface area contributed by atoms with E-state index in [2.05, 4.69) is 15.0 Å². The van der Waals surface area contributed by atoms with Crippen molar-refractivity contribution in [2.75, 3.05) is 0 Å². The molecule has 0 aliphatic rings. The minimum atomic E-state index is -1.15. The first kappa shape index (κ1) is 11.8. The molecule has 0 bridgehead atoms. The predicted molar refractivity (Wildman–Crippen MR) is 62.4 cm³/mol. The van der Waals surface area contributed by atoms with Crippen molar-refractivity contribution >= 4 is 29.3 Å². The quantitative estimate of drug-likeness (QED) is 0.861. The van der Waals surface area contributed by atoms with E-state index in [1.807, 2.05) is 0 Å². The van der Waals surface area contributed by atoms with Crippen LogP contribution >= 0.6 is 23.4 Å². The van der Waals surface area contributed by atoms with Gasteiger partial charge in [0.2, 0.25) is 0 Å². The van der Waals surface area contributed by atoms with Crippen LogP contribution in [-0.2, 0) is 0 Å². The van der Waals surface area contributed by atoms with Crippen molar-refractivity contribution in [1.82, 2.24) is 15.0 Å². The molecule has 0 aliphatic carbocycles. The van der Waals surface area contributed by atoms with Crippen LogP contribution in [0.2, 0.25) is 5.02 Å². The zero-order valence-corrected chi connectivity index (χ0v) is 9.94. The van der Waals surface area contributed by atoms with E-state index in [9.17, 15) is 4.79 Å². The average molecular weight is 268 g/mol. The van der Waals surface area contributed by atoms with Crippen molar-refractivity contribution in [1.29, 1.82) is 0 Å².